The maximum absolute atomic E-state index is 13.4. The molecular formula is C24H27BrFN5O3. The Kier molecular flexibility index (Phi) is 7.47. The van der Waals surface area contributed by atoms with Crippen molar-refractivity contribution >= 4 is 39.5 Å². The van der Waals surface area contributed by atoms with Crippen molar-refractivity contribution in [3.05, 3.63) is 64.4 Å². The van der Waals surface area contributed by atoms with Crippen LogP contribution in [-0.2, 0) is 4.79 Å². The summed E-state index contributed by atoms with van der Waals surface area (Å²) >= 11 is 3.37. The van der Waals surface area contributed by atoms with Gasteiger partial charge in [-0.2, -0.15) is 0 Å². The van der Waals surface area contributed by atoms with E-state index in [1.54, 1.807) is 18.2 Å². The Bertz CT molecular complexity index is 1060. The lowest BCUT2D eigenvalue weighted by Crippen LogP contribution is -2.56. The van der Waals surface area contributed by atoms with Crippen LogP contribution >= 0.6 is 15.9 Å². The maximum Gasteiger partial charge on any atom is 0.323 e. The number of nitrogens with zero attached hydrogens (tertiary/aromatic N) is 2. The SMILES string of the molecule is NC1CCC(NC(=O)C2N(C(=O)Nc3cccc(Br)c3)CCN2C(=O)c2ccc(F)cc2)CC1. The van der Waals surface area contributed by atoms with Crippen LogP contribution < -0.4 is 16.4 Å². The number of halogens is 2. The van der Waals surface area contributed by atoms with Gasteiger partial charge in [0, 0.05) is 40.9 Å². The molecule has 2 aromatic rings. The molecular weight excluding hydrogens is 505 g/mol. The van der Waals surface area contributed by atoms with Crippen LogP contribution in [0.4, 0.5) is 14.9 Å². The summed E-state index contributed by atoms with van der Waals surface area (Å²) in [5, 5.41) is 5.81. The third kappa shape index (κ3) is 5.56. The van der Waals surface area contributed by atoms with Crippen LogP contribution in [0.5, 0.6) is 0 Å². The Morgan fingerprint density at radius 1 is 0.971 bits per heavy atom. The molecule has 2 fully saturated rings. The van der Waals surface area contributed by atoms with Gasteiger partial charge in [0.15, 0.2) is 6.17 Å². The molecule has 4 amide bonds. The first-order valence-electron chi connectivity index (χ1n) is 11.3. The first-order chi connectivity index (χ1) is 16.3. The second-order valence-electron chi connectivity index (χ2n) is 8.63. The molecule has 1 aliphatic carbocycles. The third-order valence-electron chi connectivity index (χ3n) is 6.21. The van der Waals surface area contributed by atoms with Gasteiger partial charge in [0.25, 0.3) is 11.8 Å². The van der Waals surface area contributed by atoms with Gasteiger partial charge in [-0.05, 0) is 68.1 Å². The summed E-state index contributed by atoms with van der Waals surface area (Å²) in [6.07, 6.45) is 1.98. The summed E-state index contributed by atoms with van der Waals surface area (Å²) in [5.41, 5.74) is 6.78. The lowest BCUT2D eigenvalue weighted by atomic mass is 9.92. The number of amides is 4. The molecule has 4 N–H and O–H groups in total. The van der Waals surface area contributed by atoms with Crippen molar-refractivity contribution in [2.24, 2.45) is 5.73 Å². The molecule has 2 aliphatic rings. The van der Waals surface area contributed by atoms with E-state index in [-0.39, 0.29) is 30.7 Å². The van der Waals surface area contributed by atoms with Gasteiger partial charge < -0.3 is 21.3 Å². The van der Waals surface area contributed by atoms with Crippen molar-refractivity contribution in [3.8, 4) is 0 Å². The number of anilines is 1. The van der Waals surface area contributed by atoms with Gasteiger partial charge in [0.2, 0.25) is 0 Å². The van der Waals surface area contributed by atoms with Crippen molar-refractivity contribution in [1.29, 1.82) is 0 Å². The van der Waals surface area contributed by atoms with Gasteiger partial charge in [-0.15, -0.1) is 0 Å². The van der Waals surface area contributed by atoms with Crippen molar-refractivity contribution in [1.82, 2.24) is 15.1 Å². The monoisotopic (exact) mass is 531 g/mol. The molecule has 34 heavy (non-hydrogen) atoms. The highest BCUT2D eigenvalue weighted by Crippen LogP contribution is 2.23. The van der Waals surface area contributed by atoms with E-state index >= 15 is 0 Å². The molecule has 1 aliphatic heterocycles. The summed E-state index contributed by atoms with van der Waals surface area (Å²) in [7, 11) is 0. The highest BCUT2D eigenvalue weighted by Gasteiger charge is 2.43. The maximum atomic E-state index is 13.4. The molecule has 1 unspecified atom stereocenters. The van der Waals surface area contributed by atoms with Gasteiger partial charge in [-0.25, -0.2) is 9.18 Å². The minimum Gasteiger partial charge on any atom is -0.350 e. The molecule has 2 aromatic carbocycles. The zero-order valence-corrected chi connectivity index (χ0v) is 20.1. The average Bonchev–Trinajstić information content (AvgIpc) is 3.26. The van der Waals surface area contributed by atoms with Crippen molar-refractivity contribution in [3.63, 3.8) is 0 Å². The normalized spacial score (nSPS) is 22.4. The molecule has 1 atom stereocenters. The molecule has 0 aromatic heterocycles. The number of benzene rings is 2. The van der Waals surface area contributed by atoms with Crippen LogP contribution in [0, 0.1) is 5.82 Å². The topological polar surface area (TPSA) is 108 Å². The second-order valence-corrected chi connectivity index (χ2v) is 9.55. The van der Waals surface area contributed by atoms with Crippen LogP contribution in [-0.4, -0.2) is 59.0 Å². The van der Waals surface area contributed by atoms with E-state index in [2.05, 4.69) is 26.6 Å². The van der Waals surface area contributed by atoms with Crippen LogP contribution in [0.15, 0.2) is 53.0 Å². The minimum atomic E-state index is -1.12. The Morgan fingerprint density at radius 3 is 2.32 bits per heavy atom. The van der Waals surface area contributed by atoms with Crippen LogP contribution in [0.1, 0.15) is 36.0 Å². The van der Waals surface area contributed by atoms with Gasteiger partial charge in [-0.3, -0.25) is 14.5 Å². The van der Waals surface area contributed by atoms with E-state index in [1.807, 2.05) is 6.07 Å². The molecule has 1 saturated heterocycles. The minimum absolute atomic E-state index is 0.0642. The molecule has 8 nitrogen and oxygen atoms in total. The van der Waals surface area contributed by atoms with Gasteiger partial charge in [0.05, 0.1) is 0 Å². The Labute approximate surface area is 205 Å². The molecule has 1 saturated carbocycles. The van der Waals surface area contributed by atoms with Crippen molar-refractivity contribution in [2.45, 2.75) is 43.9 Å². The fourth-order valence-corrected chi connectivity index (χ4v) is 4.79. The first-order valence-corrected chi connectivity index (χ1v) is 12.1. The van der Waals surface area contributed by atoms with Crippen molar-refractivity contribution < 1.29 is 18.8 Å². The average molecular weight is 532 g/mol. The molecule has 0 spiro atoms. The number of rotatable bonds is 4. The van der Waals surface area contributed by atoms with Crippen LogP contribution in [0.2, 0.25) is 0 Å². The van der Waals surface area contributed by atoms with Crippen molar-refractivity contribution in [2.75, 3.05) is 18.4 Å². The highest BCUT2D eigenvalue weighted by molar-refractivity contribution is 9.10. The molecule has 1 heterocycles. The number of carbonyl (C=O) groups is 3. The quantitative estimate of drug-likeness (QED) is 0.562. The first kappa shape index (κ1) is 24.2. The molecule has 4 rings (SSSR count). The Balaban J connectivity index is 1.55. The number of hydrogen-bond acceptors (Lipinski definition) is 4. The Hall–Kier alpha value is -2.98. The standard InChI is InChI=1S/C24H27BrFN5O3/c25-16-2-1-3-20(14-16)29-24(34)31-13-12-30(23(33)15-4-6-17(26)7-5-15)22(31)21(32)28-19-10-8-18(27)9-11-19/h1-7,14,18-19,22H,8-13,27H2,(H,28,32)(H,29,34). The smallest absolute Gasteiger partial charge is 0.323 e. The molecule has 0 bridgehead atoms. The third-order valence-corrected chi connectivity index (χ3v) is 6.71. The molecule has 0 radical (unpaired) electrons. The fourth-order valence-electron chi connectivity index (χ4n) is 4.40. The lowest BCUT2D eigenvalue weighted by molar-refractivity contribution is -0.128. The van der Waals surface area contributed by atoms with E-state index in [0.717, 1.165) is 30.2 Å². The summed E-state index contributed by atoms with van der Waals surface area (Å²) in [4.78, 5) is 42.5. The summed E-state index contributed by atoms with van der Waals surface area (Å²) in [6, 6.07) is 11.8. The highest BCUT2D eigenvalue weighted by atomic mass is 79.9. The fraction of sp³-hybridized carbons (Fsp3) is 0.375. The summed E-state index contributed by atoms with van der Waals surface area (Å²) in [6.45, 7) is 0.357. The van der Waals surface area contributed by atoms with Crippen LogP contribution in [0.25, 0.3) is 0 Å². The number of hydrogen-bond donors (Lipinski definition) is 3. The van der Waals surface area contributed by atoms with Crippen LogP contribution in [0.3, 0.4) is 0 Å². The Morgan fingerprint density at radius 2 is 1.65 bits per heavy atom. The van der Waals surface area contributed by atoms with Gasteiger partial charge in [-0.1, -0.05) is 22.0 Å². The van der Waals surface area contributed by atoms with Gasteiger partial charge >= 0.3 is 6.03 Å². The van der Waals surface area contributed by atoms with E-state index in [0.29, 0.717) is 5.69 Å². The number of urea groups is 1. The summed E-state index contributed by atoms with van der Waals surface area (Å²) < 4.78 is 14.2. The zero-order valence-electron chi connectivity index (χ0n) is 18.5. The predicted octanol–water partition coefficient (Wildman–Crippen LogP) is 3.29. The van der Waals surface area contributed by atoms with E-state index in [4.69, 9.17) is 5.73 Å². The largest absolute Gasteiger partial charge is 0.350 e. The second kappa shape index (κ2) is 10.5. The predicted molar refractivity (Wildman–Crippen MR) is 129 cm³/mol. The van der Waals surface area contributed by atoms with E-state index in [1.165, 1.54) is 34.1 Å². The lowest BCUT2D eigenvalue weighted by Gasteiger charge is -2.32. The molecule has 10 heteroatoms. The number of carbonyl (C=O) groups excluding carboxylic acids is 3. The summed E-state index contributed by atoms with van der Waals surface area (Å²) in [5.74, 6) is -1.32. The zero-order chi connectivity index (χ0) is 24.2. The molecule has 180 valence electrons. The van der Waals surface area contributed by atoms with Gasteiger partial charge in [0.1, 0.15) is 5.82 Å². The number of nitrogens with two attached hydrogens (primary N) is 1. The van der Waals surface area contributed by atoms with E-state index < -0.39 is 29.8 Å². The number of nitrogens with one attached hydrogen (secondary N) is 2. The van der Waals surface area contributed by atoms with E-state index in [9.17, 15) is 18.8 Å².